The summed E-state index contributed by atoms with van der Waals surface area (Å²) in [5, 5.41) is 3.62. The molecule has 0 radical (unpaired) electrons. The van der Waals surface area contributed by atoms with Crippen LogP contribution in [0.15, 0.2) is 18.2 Å². The van der Waals surface area contributed by atoms with Gasteiger partial charge < -0.3 is 5.32 Å². The standard InChI is InChI=1S/C17H29N/c1-5-9-10-17(18-8-4)16-12-11-14(6-2)15(7-3)13-16/h11-13,17-18H,5-10H2,1-4H3. The molecule has 1 aromatic carbocycles. The maximum Gasteiger partial charge on any atom is 0.0320 e. The number of hydrogen-bond acceptors (Lipinski definition) is 1. The summed E-state index contributed by atoms with van der Waals surface area (Å²) >= 11 is 0. The van der Waals surface area contributed by atoms with E-state index >= 15 is 0 Å². The van der Waals surface area contributed by atoms with Gasteiger partial charge >= 0.3 is 0 Å². The van der Waals surface area contributed by atoms with Gasteiger partial charge in [0.25, 0.3) is 0 Å². The van der Waals surface area contributed by atoms with Gasteiger partial charge in [-0.15, -0.1) is 0 Å². The van der Waals surface area contributed by atoms with Gasteiger partial charge in [0.1, 0.15) is 0 Å². The fourth-order valence-corrected chi connectivity index (χ4v) is 2.58. The van der Waals surface area contributed by atoms with Gasteiger partial charge in [-0.05, 0) is 42.5 Å². The molecule has 0 fully saturated rings. The third kappa shape index (κ3) is 4.13. The van der Waals surface area contributed by atoms with Crippen LogP contribution >= 0.6 is 0 Å². The van der Waals surface area contributed by atoms with Crippen LogP contribution < -0.4 is 5.32 Å². The lowest BCUT2D eigenvalue weighted by molar-refractivity contribution is 0.494. The highest BCUT2D eigenvalue weighted by Crippen LogP contribution is 2.23. The van der Waals surface area contributed by atoms with Crippen molar-refractivity contribution in [3.8, 4) is 0 Å². The predicted octanol–water partition coefficient (Wildman–Crippen LogP) is 4.65. The highest BCUT2D eigenvalue weighted by atomic mass is 14.9. The lowest BCUT2D eigenvalue weighted by Gasteiger charge is -2.20. The minimum atomic E-state index is 0.533. The summed E-state index contributed by atoms with van der Waals surface area (Å²) in [5.41, 5.74) is 4.50. The molecule has 1 heteroatoms. The average molecular weight is 247 g/mol. The van der Waals surface area contributed by atoms with E-state index in [0.29, 0.717) is 6.04 Å². The highest BCUT2D eigenvalue weighted by Gasteiger charge is 2.11. The molecular weight excluding hydrogens is 218 g/mol. The van der Waals surface area contributed by atoms with Crippen LogP contribution in [0, 0.1) is 0 Å². The SMILES string of the molecule is CCCCC(NCC)c1ccc(CC)c(CC)c1. The van der Waals surface area contributed by atoms with E-state index in [2.05, 4.69) is 51.2 Å². The van der Waals surface area contributed by atoms with Crippen molar-refractivity contribution in [1.82, 2.24) is 5.32 Å². The van der Waals surface area contributed by atoms with Crippen molar-refractivity contribution in [2.75, 3.05) is 6.54 Å². The van der Waals surface area contributed by atoms with E-state index in [-0.39, 0.29) is 0 Å². The van der Waals surface area contributed by atoms with Crippen molar-refractivity contribution in [2.24, 2.45) is 0 Å². The van der Waals surface area contributed by atoms with Crippen LogP contribution in [0.25, 0.3) is 0 Å². The first-order valence-corrected chi connectivity index (χ1v) is 7.61. The van der Waals surface area contributed by atoms with Crippen LogP contribution in [0.3, 0.4) is 0 Å². The Morgan fingerprint density at radius 1 is 1.00 bits per heavy atom. The Morgan fingerprint density at radius 2 is 1.72 bits per heavy atom. The summed E-state index contributed by atoms with van der Waals surface area (Å²) < 4.78 is 0. The molecule has 1 unspecified atom stereocenters. The van der Waals surface area contributed by atoms with Crippen LogP contribution in [0.2, 0.25) is 0 Å². The molecule has 102 valence electrons. The van der Waals surface area contributed by atoms with Gasteiger partial charge in [-0.3, -0.25) is 0 Å². The lowest BCUT2D eigenvalue weighted by atomic mass is 9.94. The van der Waals surface area contributed by atoms with Crippen LogP contribution in [-0.4, -0.2) is 6.54 Å². The largest absolute Gasteiger partial charge is 0.310 e. The van der Waals surface area contributed by atoms with Crippen LogP contribution in [0.4, 0.5) is 0 Å². The van der Waals surface area contributed by atoms with E-state index in [4.69, 9.17) is 0 Å². The smallest absolute Gasteiger partial charge is 0.0320 e. The molecule has 0 aliphatic heterocycles. The number of aryl methyl sites for hydroxylation is 2. The second kappa shape index (κ2) is 8.31. The molecule has 1 atom stereocenters. The number of hydrogen-bond donors (Lipinski definition) is 1. The van der Waals surface area contributed by atoms with E-state index in [1.807, 2.05) is 0 Å². The molecule has 0 aromatic heterocycles. The summed E-state index contributed by atoms with van der Waals surface area (Å²) in [7, 11) is 0. The molecule has 1 nitrogen and oxygen atoms in total. The molecule has 0 saturated heterocycles. The quantitative estimate of drug-likeness (QED) is 0.705. The van der Waals surface area contributed by atoms with Gasteiger partial charge in [0.15, 0.2) is 0 Å². The Bertz CT molecular complexity index is 343. The summed E-state index contributed by atoms with van der Waals surface area (Å²) in [6.07, 6.45) is 6.11. The third-order valence-corrected chi connectivity index (χ3v) is 3.69. The van der Waals surface area contributed by atoms with Crippen molar-refractivity contribution in [3.05, 3.63) is 34.9 Å². The Hall–Kier alpha value is -0.820. The minimum Gasteiger partial charge on any atom is -0.310 e. The van der Waals surface area contributed by atoms with Crippen molar-refractivity contribution in [1.29, 1.82) is 0 Å². The van der Waals surface area contributed by atoms with Crippen molar-refractivity contribution >= 4 is 0 Å². The van der Waals surface area contributed by atoms with E-state index in [1.54, 1.807) is 0 Å². The number of benzene rings is 1. The second-order valence-corrected chi connectivity index (χ2v) is 4.99. The first kappa shape index (κ1) is 15.2. The Balaban J connectivity index is 2.89. The summed E-state index contributed by atoms with van der Waals surface area (Å²) in [6.45, 7) is 10.0. The molecule has 0 heterocycles. The van der Waals surface area contributed by atoms with Crippen molar-refractivity contribution in [2.45, 2.75) is 65.8 Å². The van der Waals surface area contributed by atoms with Gasteiger partial charge in [0.05, 0.1) is 0 Å². The number of rotatable bonds is 8. The Kier molecular flexibility index (Phi) is 7.04. The summed E-state index contributed by atoms with van der Waals surface area (Å²) in [6, 6.07) is 7.60. The molecule has 0 aliphatic carbocycles. The van der Waals surface area contributed by atoms with E-state index in [9.17, 15) is 0 Å². The molecule has 0 bridgehead atoms. The topological polar surface area (TPSA) is 12.0 Å². The van der Waals surface area contributed by atoms with Gasteiger partial charge in [0, 0.05) is 6.04 Å². The van der Waals surface area contributed by atoms with E-state index in [0.717, 1.165) is 19.4 Å². The lowest BCUT2D eigenvalue weighted by Crippen LogP contribution is -2.21. The maximum absolute atomic E-state index is 3.62. The van der Waals surface area contributed by atoms with E-state index < -0.39 is 0 Å². The normalized spacial score (nSPS) is 12.7. The molecule has 1 N–H and O–H groups in total. The number of unbranched alkanes of at least 4 members (excludes halogenated alkanes) is 1. The summed E-state index contributed by atoms with van der Waals surface area (Å²) in [4.78, 5) is 0. The molecular formula is C17H29N. The van der Waals surface area contributed by atoms with Gasteiger partial charge in [-0.2, -0.15) is 0 Å². The van der Waals surface area contributed by atoms with Crippen molar-refractivity contribution in [3.63, 3.8) is 0 Å². The highest BCUT2D eigenvalue weighted by molar-refractivity contribution is 5.33. The number of nitrogens with one attached hydrogen (secondary N) is 1. The Labute approximate surface area is 113 Å². The molecule has 1 rings (SSSR count). The average Bonchev–Trinajstić information content (AvgIpc) is 2.42. The molecule has 0 amide bonds. The zero-order chi connectivity index (χ0) is 13.4. The molecule has 1 aromatic rings. The Morgan fingerprint density at radius 3 is 2.28 bits per heavy atom. The molecule has 18 heavy (non-hydrogen) atoms. The fraction of sp³-hybridized carbons (Fsp3) is 0.647. The molecule has 0 saturated carbocycles. The minimum absolute atomic E-state index is 0.533. The third-order valence-electron chi connectivity index (χ3n) is 3.69. The van der Waals surface area contributed by atoms with Crippen LogP contribution in [-0.2, 0) is 12.8 Å². The molecule has 0 aliphatic rings. The summed E-state index contributed by atoms with van der Waals surface area (Å²) in [5.74, 6) is 0. The fourth-order valence-electron chi connectivity index (χ4n) is 2.58. The van der Waals surface area contributed by atoms with Crippen molar-refractivity contribution < 1.29 is 0 Å². The van der Waals surface area contributed by atoms with Gasteiger partial charge in [-0.1, -0.05) is 58.7 Å². The van der Waals surface area contributed by atoms with Gasteiger partial charge in [0.2, 0.25) is 0 Å². The van der Waals surface area contributed by atoms with Crippen LogP contribution in [0.1, 0.15) is 69.7 Å². The predicted molar refractivity (Wildman–Crippen MR) is 81.1 cm³/mol. The second-order valence-electron chi connectivity index (χ2n) is 4.99. The van der Waals surface area contributed by atoms with Crippen LogP contribution in [0.5, 0.6) is 0 Å². The maximum atomic E-state index is 3.62. The zero-order valence-electron chi connectivity index (χ0n) is 12.6. The zero-order valence-corrected chi connectivity index (χ0v) is 12.6. The first-order chi connectivity index (χ1) is 8.76. The molecule has 0 spiro atoms. The monoisotopic (exact) mass is 247 g/mol. The first-order valence-electron chi connectivity index (χ1n) is 7.61. The van der Waals surface area contributed by atoms with E-state index in [1.165, 1.54) is 36.0 Å². The van der Waals surface area contributed by atoms with Gasteiger partial charge in [-0.25, -0.2) is 0 Å².